The topological polar surface area (TPSA) is 85.3 Å². The molecule has 2 heterocycles. The van der Waals surface area contributed by atoms with E-state index < -0.39 is 4.92 Å². The summed E-state index contributed by atoms with van der Waals surface area (Å²) >= 11 is 6.08. The lowest BCUT2D eigenvalue weighted by atomic mass is 10.0. The van der Waals surface area contributed by atoms with Gasteiger partial charge in [-0.3, -0.25) is 10.1 Å². The number of piperidine rings is 1. The van der Waals surface area contributed by atoms with Crippen LogP contribution in [0.2, 0.25) is 5.02 Å². The summed E-state index contributed by atoms with van der Waals surface area (Å²) in [6, 6.07) is 1.55. The van der Waals surface area contributed by atoms with Gasteiger partial charge >= 0.3 is 0 Å². The number of hydrogen-bond acceptors (Lipinski definition) is 5. The van der Waals surface area contributed by atoms with E-state index in [-0.39, 0.29) is 11.7 Å². The van der Waals surface area contributed by atoms with Crippen molar-refractivity contribution in [2.24, 2.45) is 5.73 Å². The maximum absolute atomic E-state index is 10.6. The lowest BCUT2D eigenvalue weighted by Gasteiger charge is -2.36. The zero-order valence-corrected chi connectivity index (χ0v) is 10.6. The Kier molecular flexibility index (Phi) is 3.98. The summed E-state index contributed by atoms with van der Waals surface area (Å²) in [6.45, 7) is 1.38. The summed E-state index contributed by atoms with van der Waals surface area (Å²) in [5.74, 6) is 0.595. The monoisotopic (exact) mass is 270 g/mol. The van der Waals surface area contributed by atoms with Crippen molar-refractivity contribution in [1.82, 2.24) is 4.98 Å². The molecular formula is C11H15ClN4O2. The first-order chi connectivity index (χ1) is 8.63. The predicted octanol–water partition coefficient (Wildman–Crippen LogP) is 1.96. The maximum Gasteiger partial charge on any atom is 0.289 e. The van der Waals surface area contributed by atoms with Crippen LogP contribution < -0.4 is 10.6 Å². The summed E-state index contributed by atoms with van der Waals surface area (Å²) in [4.78, 5) is 16.3. The molecule has 1 atom stereocenters. The highest BCUT2D eigenvalue weighted by Gasteiger charge is 2.25. The number of aromatic nitrogens is 1. The average Bonchev–Trinajstić information content (AvgIpc) is 2.38. The van der Waals surface area contributed by atoms with Gasteiger partial charge < -0.3 is 10.6 Å². The molecule has 1 unspecified atom stereocenters. The second-order valence-corrected chi connectivity index (χ2v) is 4.74. The summed E-state index contributed by atoms with van der Waals surface area (Å²) < 4.78 is 0. The summed E-state index contributed by atoms with van der Waals surface area (Å²) in [5.41, 5.74) is 5.65. The first-order valence-corrected chi connectivity index (χ1v) is 6.28. The predicted molar refractivity (Wildman–Crippen MR) is 69.9 cm³/mol. The van der Waals surface area contributed by atoms with Crippen molar-refractivity contribution in [3.63, 3.8) is 0 Å². The van der Waals surface area contributed by atoms with Crippen LogP contribution in [-0.4, -0.2) is 29.0 Å². The molecule has 18 heavy (non-hydrogen) atoms. The van der Waals surface area contributed by atoms with Gasteiger partial charge in [-0.05, 0) is 19.3 Å². The van der Waals surface area contributed by atoms with Gasteiger partial charge in [0, 0.05) is 25.2 Å². The van der Waals surface area contributed by atoms with Crippen molar-refractivity contribution in [3.05, 3.63) is 27.4 Å². The fourth-order valence-corrected chi connectivity index (χ4v) is 2.53. The summed E-state index contributed by atoms with van der Waals surface area (Å²) in [5, 5.41) is 10.9. The largest absolute Gasteiger partial charge is 0.351 e. The van der Waals surface area contributed by atoms with E-state index in [1.54, 1.807) is 0 Å². The minimum Gasteiger partial charge on any atom is -0.351 e. The molecule has 0 saturated carbocycles. The van der Waals surface area contributed by atoms with Gasteiger partial charge in [-0.15, -0.1) is 0 Å². The zero-order valence-electron chi connectivity index (χ0n) is 9.88. The van der Waals surface area contributed by atoms with Crippen LogP contribution in [0.25, 0.3) is 0 Å². The normalized spacial score (nSPS) is 19.9. The highest BCUT2D eigenvalue weighted by atomic mass is 35.5. The molecule has 0 aliphatic carbocycles. The van der Waals surface area contributed by atoms with Crippen LogP contribution in [-0.2, 0) is 0 Å². The van der Waals surface area contributed by atoms with E-state index in [0.29, 0.717) is 17.4 Å². The quantitative estimate of drug-likeness (QED) is 0.670. The van der Waals surface area contributed by atoms with Crippen LogP contribution in [0.3, 0.4) is 0 Å². The minimum atomic E-state index is -0.501. The number of nitrogens with two attached hydrogens (primary N) is 1. The van der Waals surface area contributed by atoms with Crippen molar-refractivity contribution in [3.8, 4) is 0 Å². The first-order valence-electron chi connectivity index (χ1n) is 5.90. The molecule has 0 amide bonds. The van der Waals surface area contributed by atoms with Gasteiger partial charge in [-0.1, -0.05) is 11.6 Å². The van der Waals surface area contributed by atoms with Gasteiger partial charge in [0.15, 0.2) is 0 Å². The molecule has 2 rings (SSSR count). The summed E-state index contributed by atoms with van der Waals surface area (Å²) in [6.07, 6.45) is 4.45. The Labute approximate surface area is 110 Å². The van der Waals surface area contributed by atoms with E-state index in [9.17, 15) is 10.1 Å². The molecule has 0 bridgehead atoms. The van der Waals surface area contributed by atoms with Crippen molar-refractivity contribution in [1.29, 1.82) is 0 Å². The number of halogens is 1. The Balaban J connectivity index is 2.29. The van der Waals surface area contributed by atoms with Crippen molar-refractivity contribution in [2.75, 3.05) is 18.0 Å². The van der Waals surface area contributed by atoms with Crippen molar-refractivity contribution in [2.45, 2.75) is 25.3 Å². The van der Waals surface area contributed by atoms with Crippen LogP contribution in [0.4, 0.5) is 11.5 Å². The molecule has 6 nitrogen and oxygen atoms in total. The number of pyridine rings is 1. The minimum absolute atomic E-state index is 0.0925. The number of hydrogen-bond donors (Lipinski definition) is 1. The van der Waals surface area contributed by atoms with Crippen molar-refractivity contribution >= 4 is 23.1 Å². The lowest BCUT2D eigenvalue weighted by molar-refractivity contribution is -0.385. The fraction of sp³-hybridized carbons (Fsp3) is 0.545. The third-order valence-electron chi connectivity index (χ3n) is 3.19. The maximum atomic E-state index is 10.6. The molecule has 1 saturated heterocycles. The van der Waals surface area contributed by atoms with Gasteiger partial charge in [-0.2, -0.15) is 0 Å². The van der Waals surface area contributed by atoms with Gasteiger partial charge in [0.1, 0.15) is 12.0 Å². The van der Waals surface area contributed by atoms with Gasteiger partial charge in [-0.25, -0.2) is 4.98 Å². The molecule has 0 aromatic carbocycles. The van der Waals surface area contributed by atoms with E-state index >= 15 is 0 Å². The van der Waals surface area contributed by atoms with E-state index in [2.05, 4.69) is 9.88 Å². The van der Waals surface area contributed by atoms with E-state index in [1.807, 2.05) is 0 Å². The van der Waals surface area contributed by atoms with Gasteiger partial charge in [0.05, 0.1) is 9.95 Å². The summed E-state index contributed by atoms with van der Waals surface area (Å²) in [7, 11) is 0. The lowest BCUT2D eigenvalue weighted by Crippen LogP contribution is -2.44. The molecule has 1 aromatic rings. The molecule has 1 fully saturated rings. The Morgan fingerprint density at radius 1 is 1.61 bits per heavy atom. The van der Waals surface area contributed by atoms with E-state index in [1.165, 1.54) is 12.3 Å². The Hall–Kier alpha value is -1.40. The standard InChI is InChI=1S/C11H15ClN4O2/c12-10-5-9(16(17)18)7-14-11(10)15-4-2-1-3-8(15)6-13/h5,7-8H,1-4,6,13H2. The van der Waals surface area contributed by atoms with Gasteiger partial charge in [0.25, 0.3) is 5.69 Å². The number of rotatable bonds is 3. The van der Waals surface area contributed by atoms with E-state index in [0.717, 1.165) is 25.8 Å². The van der Waals surface area contributed by atoms with Crippen molar-refractivity contribution < 1.29 is 4.92 Å². The third-order valence-corrected chi connectivity index (χ3v) is 3.47. The Morgan fingerprint density at radius 2 is 2.39 bits per heavy atom. The Bertz CT molecular complexity index is 455. The van der Waals surface area contributed by atoms with Crippen LogP contribution in [0, 0.1) is 10.1 Å². The molecule has 1 aliphatic rings. The van der Waals surface area contributed by atoms with Gasteiger partial charge in [0.2, 0.25) is 0 Å². The van der Waals surface area contributed by atoms with Crippen LogP contribution in [0.1, 0.15) is 19.3 Å². The first kappa shape index (κ1) is 13.0. The van der Waals surface area contributed by atoms with E-state index in [4.69, 9.17) is 17.3 Å². The zero-order chi connectivity index (χ0) is 13.1. The molecule has 1 aliphatic heterocycles. The molecule has 98 valence electrons. The molecular weight excluding hydrogens is 256 g/mol. The number of nitrogens with zero attached hydrogens (tertiary/aromatic N) is 3. The molecule has 0 radical (unpaired) electrons. The van der Waals surface area contributed by atoms with Crippen LogP contribution in [0.5, 0.6) is 0 Å². The van der Waals surface area contributed by atoms with Crippen LogP contribution in [0.15, 0.2) is 12.3 Å². The SMILES string of the molecule is NCC1CCCCN1c1ncc([N+](=O)[O-])cc1Cl. The third kappa shape index (κ3) is 2.54. The second kappa shape index (κ2) is 5.49. The fourth-order valence-electron chi connectivity index (χ4n) is 2.26. The Morgan fingerprint density at radius 3 is 3.00 bits per heavy atom. The molecule has 2 N–H and O–H groups in total. The molecule has 0 spiro atoms. The smallest absolute Gasteiger partial charge is 0.289 e. The average molecular weight is 271 g/mol. The van der Waals surface area contributed by atoms with Crippen LogP contribution >= 0.6 is 11.6 Å². The number of anilines is 1. The second-order valence-electron chi connectivity index (χ2n) is 4.33. The molecule has 1 aromatic heterocycles. The highest BCUT2D eigenvalue weighted by molar-refractivity contribution is 6.33. The number of nitro groups is 1. The molecule has 7 heteroatoms. The highest BCUT2D eigenvalue weighted by Crippen LogP contribution is 2.31.